The second kappa shape index (κ2) is 6.32. The number of nitrogens with zero attached hydrogens (tertiary/aromatic N) is 3. The number of nitro benzene ring substituents is 1. The smallest absolute Gasteiger partial charge is 0.269 e. The summed E-state index contributed by atoms with van der Waals surface area (Å²) in [5, 5.41) is 11.1. The van der Waals surface area contributed by atoms with Gasteiger partial charge in [-0.3, -0.25) is 19.8 Å². The van der Waals surface area contributed by atoms with E-state index in [4.69, 9.17) is 11.6 Å². The molecule has 0 aliphatic carbocycles. The lowest BCUT2D eigenvalue weighted by Gasteiger charge is -2.16. The first-order valence-electron chi connectivity index (χ1n) is 6.09. The van der Waals surface area contributed by atoms with Crippen molar-refractivity contribution in [2.45, 2.75) is 6.42 Å². The van der Waals surface area contributed by atoms with Crippen molar-refractivity contribution in [2.24, 2.45) is 0 Å². The van der Waals surface area contributed by atoms with E-state index in [0.717, 1.165) is 0 Å². The first-order valence-corrected chi connectivity index (χ1v) is 6.46. The Morgan fingerprint density at radius 1 is 1.29 bits per heavy atom. The van der Waals surface area contributed by atoms with Crippen LogP contribution in [0.2, 0.25) is 5.02 Å². The molecule has 2 rings (SSSR count). The molecule has 108 valence electrons. The quantitative estimate of drug-likeness (QED) is 0.643. The van der Waals surface area contributed by atoms with Crippen molar-refractivity contribution in [3.05, 3.63) is 63.3 Å². The van der Waals surface area contributed by atoms with Crippen LogP contribution in [0.1, 0.15) is 5.56 Å². The van der Waals surface area contributed by atoms with Gasteiger partial charge in [0.1, 0.15) is 5.82 Å². The molecule has 0 spiro atoms. The Morgan fingerprint density at radius 2 is 1.95 bits per heavy atom. The van der Waals surface area contributed by atoms with Crippen LogP contribution in [0, 0.1) is 10.1 Å². The minimum atomic E-state index is -0.477. The van der Waals surface area contributed by atoms with E-state index in [2.05, 4.69) is 4.98 Å². The van der Waals surface area contributed by atoms with Crippen LogP contribution in [0.15, 0.2) is 42.6 Å². The molecule has 0 atom stereocenters. The van der Waals surface area contributed by atoms with Crippen LogP contribution in [0.4, 0.5) is 11.5 Å². The van der Waals surface area contributed by atoms with Gasteiger partial charge in [-0.1, -0.05) is 23.7 Å². The molecule has 21 heavy (non-hydrogen) atoms. The zero-order valence-electron chi connectivity index (χ0n) is 11.2. The maximum Gasteiger partial charge on any atom is 0.269 e. The maximum atomic E-state index is 12.1. The predicted molar refractivity (Wildman–Crippen MR) is 79.5 cm³/mol. The number of benzene rings is 1. The van der Waals surface area contributed by atoms with Crippen molar-refractivity contribution in [3.63, 3.8) is 0 Å². The first-order chi connectivity index (χ1) is 9.97. The molecule has 1 heterocycles. The number of non-ortho nitro benzene ring substituents is 1. The van der Waals surface area contributed by atoms with Crippen molar-refractivity contribution < 1.29 is 9.72 Å². The zero-order valence-corrected chi connectivity index (χ0v) is 11.9. The van der Waals surface area contributed by atoms with Crippen LogP contribution in [0.5, 0.6) is 0 Å². The Bertz CT molecular complexity index is 656. The van der Waals surface area contributed by atoms with E-state index in [1.165, 1.54) is 23.2 Å². The van der Waals surface area contributed by atoms with E-state index >= 15 is 0 Å². The molecule has 0 fully saturated rings. The fourth-order valence-corrected chi connectivity index (χ4v) is 1.83. The molecule has 0 saturated carbocycles. The van der Waals surface area contributed by atoms with Gasteiger partial charge in [0, 0.05) is 25.4 Å². The van der Waals surface area contributed by atoms with E-state index in [1.807, 2.05) is 0 Å². The molecule has 7 heteroatoms. The average molecular weight is 306 g/mol. The number of rotatable bonds is 4. The molecule has 0 aliphatic heterocycles. The molecule has 0 aliphatic rings. The van der Waals surface area contributed by atoms with Gasteiger partial charge in [0.05, 0.1) is 16.4 Å². The number of amides is 1. The van der Waals surface area contributed by atoms with Gasteiger partial charge in [-0.2, -0.15) is 0 Å². The monoisotopic (exact) mass is 305 g/mol. The van der Waals surface area contributed by atoms with Gasteiger partial charge in [0.15, 0.2) is 0 Å². The van der Waals surface area contributed by atoms with Gasteiger partial charge >= 0.3 is 0 Å². The van der Waals surface area contributed by atoms with Crippen molar-refractivity contribution in [1.29, 1.82) is 0 Å². The minimum Gasteiger partial charge on any atom is -0.300 e. The average Bonchev–Trinajstić information content (AvgIpc) is 2.47. The third-order valence-corrected chi connectivity index (χ3v) is 3.16. The Morgan fingerprint density at radius 3 is 2.48 bits per heavy atom. The topological polar surface area (TPSA) is 76.3 Å². The van der Waals surface area contributed by atoms with Crippen molar-refractivity contribution >= 4 is 29.0 Å². The van der Waals surface area contributed by atoms with Crippen LogP contribution in [0.25, 0.3) is 0 Å². The SMILES string of the molecule is CN(C(=O)Cc1ccc([N+](=O)[O-])cc1)c1ccc(Cl)cn1. The van der Waals surface area contributed by atoms with Gasteiger partial charge < -0.3 is 0 Å². The van der Waals surface area contributed by atoms with Gasteiger partial charge in [-0.15, -0.1) is 0 Å². The van der Waals surface area contributed by atoms with Crippen molar-refractivity contribution in [3.8, 4) is 0 Å². The molecule has 0 bridgehead atoms. The van der Waals surface area contributed by atoms with Crippen LogP contribution in [-0.2, 0) is 11.2 Å². The lowest BCUT2D eigenvalue weighted by Crippen LogP contribution is -2.28. The summed E-state index contributed by atoms with van der Waals surface area (Å²) in [6.07, 6.45) is 1.60. The standard InChI is InChI=1S/C14H12ClN3O3/c1-17(13-7-4-11(15)9-16-13)14(19)8-10-2-5-12(6-3-10)18(20)21/h2-7,9H,8H2,1H3. The number of carbonyl (C=O) groups is 1. The maximum absolute atomic E-state index is 12.1. The highest BCUT2D eigenvalue weighted by molar-refractivity contribution is 6.30. The van der Waals surface area contributed by atoms with E-state index in [-0.39, 0.29) is 18.0 Å². The summed E-state index contributed by atoms with van der Waals surface area (Å²) in [7, 11) is 1.62. The van der Waals surface area contributed by atoms with E-state index in [0.29, 0.717) is 16.4 Å². The summed E-state index contributed by atoms with van der Waals surface area (Å²) in [6, 6.07) is 9.19. The largest absolute Gasteiger partial charge is 0.300 e. The van der Waals surface area contributed by atoms with Crippen LogP contribution >= 0.6 is 11.6 Å². The number of halogens is 1. The lowest BCUT2D eigenvalue weighted by atomic mass is 10.1. The number of carbonyl (C=O) groups excluding carboxylic acids is 1. The summed E-state index contributed by atoms with van der Waals surface area (Å²) < 4.78 is 0. The van der Waals surface area contributed by atoms with Crippen molar-refractivity contribution in [1.82, 2.24) is 4.98 Å². The molecule has 0 radical (unpaired) electrons. The summed E-state index contributed by atoms with van der Waals surface area (Å²) in [5.74, 6) is 0.324. The van der Waals surface area contributed by atoms with E-state index in [1.54, 1.807) is 31.3 Å². The number of nitro groups is 1. The van der Waals surface area contributed by atoms with E-state index in [9.17, 15) is 14.9 Å². The highest BCUT2D eigenvalue weighted by Crippen LogP contribution is 2.16. The van der Waals surface area contributed by atoms with Crippen LogP contribution < -0.4 is 4.90 Å². The van der Waals surface area contributed by atoms with Crippen molar-refractivity contribution in [2.75, 3.05) is 11.9 Å². The first kappa shape index (κ1) is 14.9. The number of hydrogen-bond acceptors (Lipinski definition) is 4. The molecule has 6 nitrogen and oxygen atoms in total. The normalized spacial score (nSPS) is 10.2. The molecule has 2 aromatic rings. The summed E-state index contributed by atoms with van der Waals surface area (Å²) in [5.41, 5.74) is 0.699. The summed E-state index contributed by atoms with van der Waals surface area (Å²) in [6.45, 7) is 0. The van der Waals surface area contributed by atoms with Gasteiger partial charge in [-0.25, -0.2) is 4.98 Å². The molecule has 1 aromatic heterocycles. The fraction of sp³-hybridized carbons (Fsp3) is 0.143. The molecular formula is C14H12ClN3O3. The zero-order chi connectivity index (χ0) is 15.4. The number of aromatic nitrogens is 1. The number of likely N-dealkylation sites (N-methyl/N-ethyl adjacent to an activating group) is 1. The summed E-state index contributed by atoms with van der Waals surface area (Å²) >= 11 is 5.75. The van der Waals surface area contributed by atoms with Crippen LogP contribution in [-0.4, -0.2) is 22.9 Å². The number of anilines is 1. The van der Waals surface area contributed by atoms with Gasteiger partial charge in [0.2, 0.25) is 5.91 Å². The second-order valence-corrected chi connectivity index (χ2v) is 4.82. The number of pyridine rings is 1. The minimum absolute atomic E-state index is 0.000999. The molecule has 0 saturated heterocycles. The van der Waals surface area contributed by atoms with Gasteiger partial charge in [0.25, 0.3) is 5.69 Å². The third-order valence-electron chi connectivity index (χ3n) is 2.93. The Labute approximate surface area is 126 Å². The third kappa shape index (κ3) is 3.76. The second-order valence-electron chi connectivity index (χ2n) is 4.39. The Hall–Kier alpha value is -2.47. The molecule has 1 aromatic carbocycles. The highest BCUT2D eigenvalue weighted by atomic mass is 35.5. The van der Waals surface area contributed by atoms with Gasteiger partial charge in [-0.05, 0) is 17.7 Å². The Balaban J connectivity index is 2.06. The van der Waals surface area contributed by atoms with E-state index < -0.39 is 4.92 Å². The molecular weight excluding hydrogens is 294 g/mol. The Kier molecular flexibility index (Phi) is 4.49. The highest BCUT2D eigenvalue weighted by Gasteiger charge is 2.13. The van der Waals surface area contributed by atoms with Crippen LogP contribution in [0.3, 0.4) is 0 Å². The lowest BCUT2D eigenvalue weighted by molar-refractivity contribution is -0.384. The predicted octanol–water partition coefficient (Wildman–Crippen LogP) is 2.85. The summed E-state index contributed by atoms with van der Waals surface area (Å²) in [4.78, 5) is 27.7. The molecule has 1 amide bonds. The number of hydrogen-bond donors (Lipinski definition) is 0. The molecule has 0 unspecified atom stereocenters. The molecule has 0 N–H and O–H groups in total. The fourth-order valence-electron chi connectivity index (χ4n) is 1.72.